The standard InChI is InChI=1S/C20H21FN4O3S/c1-3-6-29(27,28)25-19-11-22-18(9-14(19)10-23-25)16-7-13(8-17(21)12(16)2)20(26)24-15-4-5-15/h7-11,15H,3-6H2,1-2H3,(H,24,26). The zero-order valence-corrected chi connectivity index (χ0v) is 17.0. The van der Waals surface area contributed by atoms with Crippen LogP contribution < -0.4 is 5.32 Å². The van der Waals surface area contributed by atoms with Crippen LogP contribution in [-0.2, 0) is 10.0 Å². The maximum absolute atomic E-state index is 14.5. The second-order valence-electron chi connectivity index (χ2n) is 7.31. The van der Waals surface area contributed by atoms with Gasteiger partial charge in [-0.05, 0) is 49.9 Å². The number of hydrogen-bond acceptors (Lipinski definition) is 5. The van der Waals surface area contributed by atoms with E-state index in [-0.39, 0.29) is 23.3 Å². The summed E-state index contributed by atoms with van der Waals surface area (Å²) in [6, 6.07) is 4.66. The highest BCUT2D eigenvalue weighted by atomic mass is 32.2. The van der Waals surface area contributed by atoms with Gasteiger partial charge in [0, 0.05) is 22.6 Å². The minimum absolute atomic E-state index is 0.0198. The van der Waals surface area contributed by atoms with Crippen molar-refractivity contribution < 1.29 is 17.6 Å². The molecule has 0 radical (unpaired) electrons. The van der Waals surface area contributed by atoms with Crippen molar-refractivity contribution >= 4 is 26.8 Å². The third kappa shape index (κ3) is 3.74. The summed E-state index contributed by atoms with van der Waals surface area (Å²) in [5, 5.41) is 7.42. The lowest BCUT2D eigenvalue weighted by Crippen LogP contribution is -2.25. The fourth-order valence-corrected chi connectivity index (χ4v) is 4.52. The Hall–Kier alpha value is -2.81. The summed E-state index contributed by atoms with van der Waals surface area (Å²) in [5.41, 5.74) is 1.89. The smallest absolute Gasteiger partial charge is 0.254 e. The van der Waals surface area contributed by atoms with Crippen LogP contribution >= 0.6 is 0 Å². The molecule has 1 saturated carbocycles. The fourth-order valence-electron chi connectivity index (χ4n) is 3.19. The van der Waals surface area contributed by atoms with Gasteiger partial charge in [-0.15, -0.1) is 0 Å². The molecule has 2 aromatic heterocycles. The van der Waals surface area contributed by atoms with Crippen molar-refractivity contribution in [1.82, 2.24) is 19.5 Å². The van der Waals surface area contributed by atoms with Crippen molar-refractivity contribution in [1.29, 1.82) is 0 Å². The first-order valence-corrected chi connectivity index (χ1v) is 11.1. The van der Waals surface area contributed by atoms with Gasteiger partial charge < -0.3 is 5.32 Å². The maximum atomic E-state index is 14.5. The van der Waals surface area contributed by atoms with Crippen LogP contribution in [0.1, 0.15) is 42.1 Å². The largest absolute Gasteiger partial charge is 0.349 e. The molecular formula is C20H21FN4O3S. The van der Waals surface area contributed by atoms with E-state index >= 15 is 0 Å². The Balaban J connectivity index is 1.76. The molecule has 0 spiro atoms. The first-order valence-electron chi connectivity index (χ1n) is 9.48. The van der Waals surface area contributed by atoms with Crippen LogP contribution in [0.15, 0.2) is 30.6 Å². The zero-order chi connectivity index (χ0) is 20.8. The highest BCUT2D eigenvalue weighted by Gasteiger charge is 2.25. The van der Waals surface area contributed by atoms with Crippen molar-refractivity contribution in [3.8, 4) is 11.3 Å². The van der Waals surface area contributed by atoms with Crippen molar-refractivity contribution in [3.63, 3.8) is 0 Å². The van der Waals surface area contributed by atoms with Crippen LogP contribution in [-0.4, -0.2) is 40.3 Å². The summed E-state index contributed by atoms with van der Waals surface area (Å²) in [5.74, 6) is -0.827. The Morgan fingerprint density at radius 3 is 2.72 bits per heavy atom. The Bertz CT molecular complexity index is 1220. The number of halogens is 1. The van der Waals surface area contributed by atoms with Gasteiger partial charge in [-0.1, -0.05) is 6.92 Å². The molecule has 3 aromatic rings. The lowest BCUT2D eigenvalue weighted by Gasteiger charge is -2.11. The molecule has 152 valence electrons. The van der Waals surface area contributed by atoms with Gasteiger partial charge in [0.2, 0.25) is 0 Å². The first kappa shape index (κ1) is 19.5. The number of nitrogens with one attached hydrogen (secondary N) is 1. The lowest BCUT2D eigenvalue weighted by atomic mass is 10.00. The van der Waals surface area contributed by atoms with Crippen LogP contribution in [0.25, 0.3) is 22.2 Å². The Labute approximate surface area is 168 Å². The maximum Gasteiger partial charge on any atom is 0.254 e. The normalized spacial score (nSPS) is 14.3. The minimum Gasteiger partial charge on any atom is -0.349 e. The molecule has 1 amide bonds. The van der Waals surface area contributed by atoms with Crippen LogP contribution in [0.5, 0.6) is 0 Å². The molecule has 0 saturated heterocycles. The highest BCUT2D eigenvalue weighted by molar-refractivity contribution is 7.89. The van der Waals surface area contributed by atoms with Gasteiger partial charge in [0.1, 0.15) is 11.3 Å². The van der Waals surface area contributed by atoms with Crippen LogP contribution in [0, 0.1) is 12.7 Å². The molecule has 1 aliphatic carbocycles. The molecule has 2 heterocycles. The quantitative estimate of drug-likeness (QED) is 0.667. The molecule has 0 bridgehead atoms. The number of rotatable bonds is 6. The summed E-state index contributed by atoms with van der Waals surface area (Å²) >= 11 is 0. The topological polar surface area (TPSA) is 94.0 Å². The first-order chi connectivity index (χ1) is 13.8. The predicted molar refractivity (Wildman–Crippen MR) is 108 cm³/mol. The molecule has 0 unspecified atom stereocenters. The highest BCUT2D eigenvalue weighted by Crippen LogP contribution is 2.29. The number of benzene rings is 1. The molecule has 29 heavy (non-hydrogen) atoms. The third-order valence-corrected chi connectivity index (χ3v) is 6.68. The number of amides is 1. The van der Waals surface area contributed by atoms with Gasteiger partial charge in [0.25, 0.3) is 15.9 Å². The monoisotopic (exact) mass is 416 g/mol. The number of pyridine rings is 1. The lowest BCUT2D eigenvalue weighted by molar-refractivity contribution is 0.0950. The van der Waals surface area contributed by atoms with Gasteiger partial charge in [0.15, 0.2) is 0 Å². The summed E-state index contributed by atoms with van der Waals surface area (Å²) < 4.78 is 40.2. The Kier molecular flexibility index (Phi) is 4.85. The molecule has 0 atom stereocenters. The number of fused-ring (bicyclic) bond motifs is 1. The van der Waals surface area contributed by atoms with Crippen molar-refractivity contribution in [2.24, 2.45) is 0 Å². The Morgan fingerprint density at radius 1 is 1.28 bits per heavy atom. The van der Waals surface area contributed by atoms with Gasteiger partial charge >= 0.3 is 0 Å². The molecule has 1 aromatic carbocycles. The summed E-state index contributed by atoms with van der Waals surface area (Å²) in [6.45, 7) is 3.40. The van der Waals surface area contributed by atoms with Crippen molar-refractivity contribution in [3.05, 3.63) is 47.5 Å². The van der Waals surface area contributed by atoms with Crippen molar-refractivity contribution in [2.45, 2.75) is 39.2 Å². The van der Waals surface area contributed by atoms with Crippen molar-refractivity contribution in [2.75, 3.05) is 5.75 Å². The molecule has 7 nitrogen and oxygen atoms in total. The van der Waals surface area contributed by atoms with Crippen LogP contribution in [0.3, 0.4) is 0 Å². The van der Waals surface area contributed by atoms with E-state index in [1.807, 2.05) is 0 Å². The summed E-state index contributed by atoms with van der Waals surface area (Å²) in [4.78, 5) is 16.7. The second kappa shape index (κ2) is 7.22. The van der Waals surface area contributed by atoms with Gasteiger partial charge in [-0.2, -0.15) is 9.19 Å². The number of aromatic nitrogens is 3. The van der Waals surface area contributed by atoms with Gasteiger partial charge in [-0.3, -0.25) is 9.78 Å². The van der Waals surface area contributed by atoms with E-state index in [1.54, 1.807) is 26.0 Å². The average Bonchev–Trinajstić information content (AvgIpc) is 3.38. The fraction of sp³-hybridized carbons (Fsp3) is 0.350. The van der Waals surface area contributed by atoms with E-state index < -0.39 is 15.8 Å². The molecule has 1 N–H and O–H groups in total. The molecule has 0 aliphatic heterocycles. The molecule has 1 fully saturated rings. The van der Waals surface area contributed by atoms with E-state index in [4.69, 9.17) is 0 Å². The second-order valence-corrected chi connectivity index (χ2v) is 9.23. The van der Waals surface area contributed by atoms with Gasteiger partial charge in [-0.25, -0.2) is 12.8 Å². The van der Waals surface area contributed by atoms with E-state index in [0.717, 1.165) is 16.9 Å². The third-order valence-electron chi connectivity index (χ3n) is 4.94. The molecule has 9 heteroatoms. The zero-order valence-electron chi connectivity index (χ0n) is 16.1. The minimum atomic E-state index is -3.56. The van der Waals surface area contributed by atoms with Gasteiger partial charge in [0.05, 0.1) is 23.8 Å². The summed E-state index contributed by atoms with van der Waals surface area (Å²) in [6.07, 6.45) is 5.22. The van der Waals surface area contributed by atoms with E-state index in [1.165, 1.54) is 18.5 Å². The molecule has 4 rings (SSSR count). The van der Waals surface area contributed by atoms with E-state index in [0.29, 0.717) is 34.1 Å². The van der Waals surface area contributed by atoms with Crippen LogP contribution in [0.4, 0.5) is 4.39 Å². The molecular weight excluding hydrogens is 395 g/mol. The SMILES string of the molecule is CCCS(=O)(=O)n1ncc2cc(-c3cc(C(=O)NC4CC4)cc(F)c3C)ncc21. The number of hydrogen-bond donors (Lipinski definition) is 1. The van der Waals surface area contributed by atoms with E-state index in [9.17, 15) is 17.6 Å². The Morgan fingerprint density at radius 2 is 2.03 bits per heavy atom. The van der Waals surface area contributed by atoms with Crippen LogP contribution in [0.2, 0.25) is 0 Å². The summed E-state index contributed by atoms with van der Waals surface area (Å²) in [7, 11) is -3.56. The van der Waals surface area contributed by atoms with E-state index in [2.05, 4.69) is 15.4 Å². The number of carbonyl (C=O) groups is 1. The number of carbonyl (C=O) groups excluding carboxylic acids is 1. The number of nitrogens with zero attached hydrogens (tertiary/aromatic N) is 3. The molecule has 1 aliphatic rings. The predicted octanol–water partition coefficient (Wildman–Crippen LogP) is 3.03. The average molecular weight is 416 g/mol.